The smallest absolute Gasteiger partial charge is 0.307 e. The lowest BCUT2D eigenvalue weighted by molar-refractivity contribution is -0.138. The van der Waals surface area contributed by atoms with E-state index < -0.39 is 35.3 Å². The average molecular weight is 829 g/mol. The summed E-state index contributed by atoms with van der Waals surface area (Å²) in [6.45, 7) is 0. The van der Waals surface area contributed by atoms with Crippen molar-refractivity contribution < 1.29 is 35.9 Å². The molecule has 8 aromatic carbocycles. The van der Waals surface area contributed by atoms with Crippen LogP contribution in [0.25, 0.3) is 72.0 Å². The molecule has 0 unspecified atom stereocenters. The topological polar surface area (TPSA) is 42.3 Å². The Hall–Kier alpha value is -7.72. The predicted molar refractivity (Wildman–Crippen MR) is 230 cm³/mol. The van der Waals surface area contributed by atoms with Gasteiger partial charge >= 0.3 is 12.4 Å². The summed E-state index contributed by atoms with van der Waals surface area (Å²) >= 11 is 0. The number of hydrogen-bond donors (Lipinski definition) is 0. The van der Waals surface area contributed by atoms with Crippen LogP contribution in [0.1, 0.15) is 31.8 Å². The molecule has 0 N–H and O–H groups in total. The molecule has 9 aromatic rings. The predicted octanol–water partition coefficient (Wildman–Crippen LogP) is 14.3. The third kappa shape index (κ3) is 6.25. The van der Waals surface area contributed by atoms with Crippen molar-refractivity contribution in [3.8, 4) is 50.2 Å². The number of alkyl halides is 6. The normalized spacial score (nSPS) is 13.0. The Bertz CT molecular complexity index is 3050. The first kappa shape index (κ1) is 38.5. The fourth-order valence-electron chi connectivity index (χ4n) is 8.64. The van der Waals surface area contributed by atoms with Crippen molar-refractivity contribution in [2.75, 3.05) is 4.90 Å². The fraction of sp³-hybridized carbons (Fsp3) is 0.0385. The van der Waals surface area contributed by atoms with Crippen LogP contribution in [0, 0.1) is 0 Å². The molecule has 0 saturated carbocycles. The van der Waals surface area contributed by atoms with Gasteiger partial charge in [0.1, 0.15) is 0 Å². The summed E-state index contributed by atoms with van der Waals surface area (Å²) in [4.78, 5) is 31.6. The maximum Gasteiger partial charge on any atom is 0.416 e. The molecule has 0 radical (unpaired) electrons. The van der Waals surface area contributed by atoms with Gasteiger partial charge in [0.25, 0.3) is 11.8 Å². The second kappa shape index (κ2) is 14.5. The van der Waals surface area contributed by atoms with Crippen molar-refractivity contribution in [3.05, 3.63) is 204 Å². The second-order valence-corrected chi connectivity index (χ2v) is 15.0. The number of fused-ring (bicyclic) bond motifs is 4. The zero-order valence-corrected chi connectivity index (χ0v) is 32.3. The van der Waals surface area contributed by atoms with Gasteiger partial charge in [0.05, 0.1) is 44.7 Å². The summed E-state index contributed by atoms with van der Waals surface area (Å²) in [5, 5.41) is 1.33. The Labute approximate surface area is 350 Å². The summed E-state index contributed by atoms with van der Waals surface area (Å²) < 4.78 is 84.4. The first-order valence-corrected chi connectivity index (χ1v) is 19.6. The summed E-state index contributed by atoms with van der Waals surface area (Å²) in [5.74, 6) is -1.16. The Morgan fingerprint density at radius 1 is 0.355 bits per heavy atom. The van der Waals surface area contributed by atoms with E-state index in [1.165, 1.54) is 29.2 Å². The number of carbonyl (C=O) groups is 2. The quantitative estimate of drug-likeness (QED) is 0.124. The van der Waals surface area contributed by atoms with Crippen LogP contribution < -0.4 is 4.90 Å². The number of anilines is 1. The minimum absolute atomic E-state index is 0.0858. The Morgan fingerprint density at radius 2 is 0.742 bits per heavy atom. The largest absolute Gasteiger partial charge is 0.416 e. The molecule has 1 aliphatic heterocycles. The summed E-state index contributed by atoms with van der Waals surface area (Å²) in [7, 11) is 0. The number of para-hydroxylation sites is 3. The highest BCUT2D eigenvalue weighted by Crippen LogP contribution is 2.47. The second-order valence-electron chi connectivity index (χ2n) is 15.0. The van der Waals surface area contributed by atoms with Gasteiger partial charge in [0.15, 0.2) is 0 Å². The SMILES string of the molecule is O=C1c2cccc(-n3c4c(-c5ccc(C(F)(F)F)cc5)cccc4c4cccc(-c5ccc(C(F)(F)F)cc5)c43)c2C(=O)N1c1c(-c2ccccc2)cccc1-c1ccccc1. The van der Waals surface area contributed by atoms with Crippen molar-refractivity contribution in [1.82, 2.24) is 4.57 Å². The van der Waals surface area contributed by atoms with E-state index in [1.807, 2.05) is 95.6 Å². The van der Waals surface area contributed by atoms with E-state index in [9.17, 15) is 31.1 Å². The Kier molecular flexibility index (Phi) is 8.99. The highest BCUT2D eigenvalue weighted by molar-refractivity contribution is 6.37. The molecule has 1 aromatic heterocycles. The number of aromatic nitrogens is 1. The summed E-state index contributed by atoms with van der Waals surface area (Å²) in [5.41, 5.74) is 5.10. The minimum Gasteiger partial charge on any atom is -0.307 e. The molecule has 302 valence electrons. The van der Waals surface area contributed by atoms with Gasteiger partial charge in [-0.2, -0.15) is 26.3 Å². The maximum atomic E-state index is 15.4. The number of imide groups is 1. The number of benzene rings is 8. The van der Waals surface area contributed by atoms with Crippen molar-refractivity contribution in [2.24, 2.45) is 0 Å². The van der Waals surface area contributed by atoms with Crippen LogP contribution >= 0.6 is 0 Å². The molecule has 2 amide bonds. The lowest BCUT2D eigenvalue weighted by Crippen LogP contribution is -2.30. The zero-order valence-electron chi connectivity index (χ0n) is 32.3. The molecular weight excluding hydrogens is 799 g/mol. The number of hydrogen-bond acceptors (Lipinski definition) is 2. The van der Waals surface area contributed by atoms with Gasteiger partial charge in [-0.1, -0.05) is 146 Å². The Balaban J connectivity index is 1.26. The van der Waals surface area contributed by atoms with Gasteiger partial charge < -0.3 is 4.57 Å². The van der Waals surface area contributed by atoms with E-state index in [0.29, 0.717) is 66.6 Å². The molecule has 4 nitrogen and oxygen atoms in total. The molecular formula is C52H30F6N2O2. The van der Waals surface area contributed by atoms with E-state index in [2.05, 4.69) is 0 Å². The monoisotopic (exact) mass is 828 g/mol. The number of amides is 2. The van der Waals surface area contributed by atoms with Gasteiger partial charge in [0, 0.05) is 33.0 Å². The third-order valence-electron chi connectivity index (χ3n) is 11.4. The van der Waals surface area contributed by atoms with E-state index in [1.54, 1.807) is 42.5 Å². The molecule has 0 aliphatic carbocycles. The third-order valence-corrected chi connectivity index (χ3v) is 11.4. The van der Waals surface area contributed by atoms with Gasteiger partial charge in [-0.05, 0) is 58.7 Å². The van der Waals surface area contributed by atoms with E-state index in [-0.39, 0.29) is 11.1 Å². The molecule has 0 saturated heterocycles. The van der Waals surface area contributed by atoms with Crippen LogP contribution in [0.5, 0.6) is 0 Å². The van der Waals surface area contributed by atoms with E-state index in [0.717, 1.165) is 35.4 Å². The Morgan fingerprint density at radius 3 is 1.19 bits per heavy atom. The van der Waals surface area contributed by atoms with Crippen molar-refractivity contribution in [1.29, 1.82) is 0 Å². The highest BCUT2D eigenvalue weighted by Gasteiger charge is 2.42. The summed E-state index contributed by atoms with van der Waals surface area (Å²) in [6, 6.07) is 49.8. The fourth-order valence-corrected chi connectivity index (χ4v) is 8.64. The molecule has 62 heavy (non-hydrogen) atoms. The van der Waals surface area contributed by atoms with Gasteiger partial charge in [0.2, 0.25) is 0 Å². The van der Waals surface area contributed by atoms with Gasteiger partial charge in [-0.3, -0.25) is 9.59 Å². The maximum absolute atomic E-state index is 15.4. The number of rotatable bonds is 6. The highest BCUT2D eigenvalue weighted by atomic mass is 19.4. The van der Waals surface area contributed by atoms with Crippen LogP contribution in [0.15, 0.2) is 182 Å². The lowest BCUT2D eigenvalue weighted by Gasteiger charge is -2.23. The van der Waals surface area contributed by atoms with Crippen LogP contribution in [-0.4, -0.2) is 16.4 Å². The zero-order chi connectivity index (χ0) is 42.9. The van der Waals surface area contributed by atoms with Gasteiger partial charge in [-0.25, -0.2) is 4.90 Å². The molecule has 1 aliphatic rings. The molecule has 0 bridgehead atoms. The van der Waals surface area contributed by atoms with E-state index in [4.69, 9.17) is 0 Å². The first-order valence-electron chi connectivity index (χ1n) is 19.6. The lowest BCUT2D eigenvalue weighted by atomic mass is 9.95. The van der Waals surface area contributed by atoms with E-state index >= 15 is 4.79 Å². The molecule has 10 rings (SSSR count). The van der Waals surface area contributed by atoms with Crippen LogP contribution in [0.3, 0.4) is 0 Å². The summed E-state index contributed by atoms with van der Waals surface area (Å²) in [6.07, 6.45) is -9.14. The number of carbonyl (C=O) groups excluding carboxylic acids is 2. The minimum atomic E-state index is -4.57. The number of nitrogens with zero attached hydrogens (tertiary/aromatic N) is 2. The van der Waals surface area contributed by atoms with Crippen LogP contribution in [0.4, 0.5) is 32.0 Å². The van der Waals surface area contributed by atoms with Crippen LogP contribution in [-0.2, 0) is 12.4 Å². The molecule has 0 spiro atoms. The molecule has 2 heterocycles. The molecule has 10 heteroatoms. The van der Waals surface area contributed by atoms with Crippen molar-refractivity contribution >= 4 is 39.3 Å². The molecule has 0 atom stereocenters. The van der Waals surface area contributed by atoms with Crippen molar-refractivity contribution in [2.45, 2.75) is 12.4 Å². The van der Waals surface area contributed by atoms with Gasteiger partial charge in [-0.15, -0.1) is 0 Å². The first-order chi connectivity index (χ1) is 29.9. The van der Waals surface area contributed by atoms with Crippen LogP contribution in [0.2, 0.25) is 0 Å². The average Bonchev–Trinajstić information content (AvgIpc) is 3.76. The molecule has 0 fully saturated rings. The van der Waals surface area contributed by atoms with Crippen molar-refractivity contribution in [3.63, 3.8) is 0 Å². The standard InChI is InChI=1S/C52H30F6N2O2/c53-51(54,55)35-27-23-33(24-28-35)39-17-8-19-41-42-20-9-18-40(34-25-29-36(30-26-34)52(56,57)58)48(42)59(47(39)41)44-22-10-21-43-45(44)50(62)60(49(43)61)46-37(31-11-3-1-4-12-31)15-7-16-38(46)32-13-5-2-6-14-32/h1-30H. The number of halogens is 6.